The van der Waals surface area contributed by atoms with Gasteiger partial charge in [-0.05, 0) is 17.4 Å². The average molecular weight is 327 g/mol. The molecule has 0 bridgehead atoms. The molecule has 2 rings (SSSR count). The fraction of sp³-hybridized carbons (Fsp3) is 0.263. The van der Waals surface area contributed by atoms with Crippen LogP contribution in [0.15, 0.2) is 54.6 Å². The molecule has 1 N–H and O–H groups in total. The number of benzene rings is 2. The molecular weight excluding hydrogens is 306 g/mol. The molecule has 0 saturated carbocycles. The van der Waals surface area contributed by atoms with E-state index in [4.69, 9.17) is 0 Å². The zero-order chi connectivity index (χ0) is 16.7. The highest BCUT2D eigenvalue weighted by molar-refractivity contribution is 7.99. The summed E-state index contributed by atoms with van der Waals surface area (Å²) in [4.78, 5) is 24.6. The van der Waals surface area contributed by atoms with Crippen LogP contribution >= 0.6 is 11.8 Å². The summed E-state index contributed by atoms with van der Waals surface area (Å²) in [5.41, 5.74) is 1.67. The van der Waals surface area contributed by atoms with E-state index in [0.717, 1.165) is 5.75 Å². The second-order valence-corrected chi connectivity index (χ2v) is 7.14. The average Bonchev–Trinajstić information content (AvgIpc) is 2.58. The number of ketones is 1. The Morgan fingerprint density at radius 3 is 2.30 bits per heavy atom. The van der Waals surface area contributed by atoms with Crippen molar-refractivity contribution in [3.63, 3.8) is 0 Å². The Labute approximate surface area is 141 Å². The second-order valence-electron chi connectivity index (χ2n) is 5.45. The first-order valence-corrected chi connectivity index (χ1v) is 8.72. The molecule has 0 aliphatic carbocycles. The third-order valence-corrected chi connectivity index (χ3v) is 4.37. The highest BCUT2D eigenvalue weighted by Gasteiger charge is 2.11. The maximum absolute atomic E-state index is 12.4. The van der Waals surface area contributed by atoms with Gasteiger partial charge in [-0.3, -0.25) is 9.59 Å². The topological polar surface area (TPSA) is 46.2 Å². The van der Waals surface area contributed by atoms with Crippen LogP contribution in [0.3, 0.4) is 0 Å². The van der Waals surface area contributed by atoms with Gasteiger partial charge < -0.3 is 5.32 Å². The third kappa shape index (κ3) is 5.25. The number of carbonyl (C=O) groups is 2. The lowest BCUT2D eigenvalue weighted by atomic mass is 10.0. The molecule has 0 unspecified atom stereocenters. The molecule has 120 valence electrons. The molecule has 0 fully saturated rings. The molecule has 2 aromatic rings. The van der Waals surface area contributed by atoms with E-state index in [0.29, 0.717) is 28.5 Å². The van der Waals surface area contributed by atoms with Crippen molar-refractivity contribution in [2.24, 2.45) is 0 Å². The maximum atomic E-state index is 12.4. The van der Waals surface area contributed by atoms with Crippen molar-refractivity contribution >= 4 is 23.5 Å². The van der Waals surface area contributed by atoms with Gasteiger partial charge in [-0.1, -0.05) is 56.3 Å². The Morgan fingerprint density at radius 2 is 1.61 bits per heavy atom. The van der Waals surface area contributed by atoms with Crippen LogP contribution in [0.2, 0.25) is 0 Å². The second kappa shape index (κ2) is 8.53. The zero-order valence-electron chi connectivity index (χ0n) is 13.4. The van der Waals surface area contributed by atoms with E-state index in [2.05, 4.69) is 19.2 Å². The van der Waals surface area contributed by atoms with Crippen LogP contribution in [0, 0.1) is 0 Å². The van der Waals surface area contributed by atoms with Crippen molar-refractivity contribution in [2.45, 2.75) is 19.1 Å². The van der Waals surface area contributed by atoms with Crippen molar-refractivity contribution < 1.29 is 9.59 Å². The Balaban J connectivity index is 2.02. The summed E-state index contributed by atoms with van der Waals surface area (Å²) in [6.45, 7) is 4.88. The van der Waals surface area contributed by atoms with Crippen molar-refractivity contribution in [3.05, 3.63) is 71.3 Å². The van der Waals surface area contributed by atoms with Gasteiger partial charge in [0.25, 0.3) is 5.91 Å². The standard InChI is InChI=1S/C19H21NO2S/c1-14(2)23-12-11-20-19(22)17-10-6-9-16(13-17)18(21)15-7-4-3-5-8-15/h3-10,13-14H,11-12H2,1-2H3,(H,20,22). The van der Waals surface area contributed by atoms with Gasteiger partial charge in [0.1, 0.15) is 0 Å². The molecular formula is C19H21NO2S. The molecule has 4 heteroatoms. The zero-order valence-corrected chi connectivity index (χ0v) is 14.2. The molecule has 0 aliphatic rings. The van der Waals surface area contributed by atoms with Gasteiger partial charge >= 0.3 is 0 Å². The largest absolute Gasteiger partial charge is 0.351 e. The van der Waals surface area contributed by atoms with Crippen LogP contribution in [-0.4, -0.2) is 29.2 Å². The van der Waals surface area contributed by atoms with E-state index in [-0.39, 0.29) is 11.7 Å². The molecule has 23 heavy (non-hydrogen) atoms. The summed E-state index contributed by atoms with van der Waals surface area (Å²) in [6, 6.07) is 15.9. The fourth-order valence-corrected chi connectivity index (χ4v) is 2.81. The van der Waals surface area contributed by atoms with E-state index < -0.39 is 0 Å². The van der Waals surface area contributed by atoms with Crippen LogP contribution in [0.4, 0.5) is 0 Å². The Kier molecular flexibility index (Phi) is 6.41. The molecule has 0 aromatic heterocycles. The molecule has 0 atom stereocenters. The molecule has 2 aromatic carbocycles. The number of rotatable bonds is 7. The van der Waals surface area contributed by atoms with Crippen molar-refractivity contribution in [2.75, 3.05) is 12.3 Å². The minimum absolute atomic E-state index is 0.0735. The van der Waals surface area contributed by atoms with E-state index >= 15 is 0 Å². The minimum atomic E-state index is -0.142. The first-order chi connectivity index (χ1) is 11.1. The number of nitrogens with one attached hydrogen (secondary N) is 1. The minimum Gasteiger partial charge on any atom is -0.351 e. The fourth-order valence-electron chi connectivity index (χ4n) is 2.12. The normalized spacial score (nSPS) is 10.6. The summed E-state index contributed by atoms with van der Waals surface area (Å²) in [5.74, 6) is 0.666. The molecule has 3 nitrogen and oxygen atoms in total. The SMILES string of the molecule is CC(C)SCCNC(=O)c1cccc(C(=O)c2ccccc2)c1. The number of hydrogen-bond acceptors (Lipinski definition) is 3. The molecule has 1 amide bonds. The van der Waals surface area contributed by atoms with E-state index in [1.807, 2.05) is 18.2 Å². The third-order valence-electron chi connectivity index (χ3n) is 3.26. The van der Waals surface area contributed by atoms with Gasteiger partial charge in [-0.15, -0.1) is 0 Å². The van der Waals surface area contributed by atoms with Crippen LogP contribution in [0.5, 0.6) is 0 Å². The molecule has 0 aliphatic heterocycles. The lowest BCUT2D eigenvalue weighted by molar-refractivity contribution is 0.0956. The smallest absolute Gasteiger partial charge is 0.251 e. The van der Waals surface area contributed by atoms with Crippen molar-refractivity contribution in [1.82, 2.24) is 5.32 Å². The van der Waals surface area contributed by atoms with Crippen molar-refractivity contribution in [1.29, 1.82) is 0 Å². The lowest BCUT2D eigenvalue weighted by Gasteiger charge is -2.08. The van der Waals surface area contributed by atoms with E-state index in [9.17, 15) is 9.59 Å². The van der Waals surface area contributed by atoms with E-state index in [1.165, 1.54) is 0 Å². The Bertz CT molecular complexity index is 668. The Hall–Kier alpha value is -2.07. The first kappa shape index (κ1) is 17.3. The summed E-state index contributed by atoms with van der Waals surface area (Å²) < 4.78 is 0. The lowest BCUT2D eigenvalue weighted by Crippen LogP contribution is -2.26. The van der Waals surface area contributed by atoms with Crippen LogP contribution in [0.25, 0.3) is 0 Å². The summed E-state index contributed by atoms with van der Waals surface area (Å²) in [7, 11) is 0. The number of carbonyl (C=O) groups excluding carboxylic acids is 2. The molecule has 0 radical (unpaired) electrons. The summed E-state index contributed by atoms with van der Waals surface area (Å²) in [5, 5.41) is 3.44. The molecule has 0 saturated heterocycles. The van der Waals surface area contributed by atoms with Crippen LogP contribution in [0.1, 0.15) is 40.1 Å². The molecule has 0 spiro atoms. The first-order valence-electron chi connectivity index (χ1n) is 7.67. The van der Waals surface area contributed by atoms with Gasteiger partial charge in [0.2, 0.25) is 0 Å². The maximum Gasteiger partial charge on any atom is 0.251 e. The number of thioether (sulfide) groups is 1. The van der Waals surface area contributed by atoms with E-state index in [1.54, 1.807) is 48.2 Å². The highest BCUT2D eigenvalue weighted by Crippen LogP contribution is 2.12. The quantitative estimate of drug-likeness (QED) is 0.622. The number of hydrogen-bond donors (Lipinski definition) is 1. The van der Waals surface area contributed by atoms with Gasteiger partial charge in [-0.2, -0.15) is 11.8 Å². The predicted octanol–water partition coefficient (Wildman–Crippen LogP) is 3.79. The Morgan fingerprint density at radius 1 is 0.957 bits per heavy atom. The summed E-state index contributed by atoms with van der Waals surface area (Å²) in [6.07, 6.45) is 0. The monoisotopic (exact) mass is 327 g/mol. The van der Waals surface area contributed by atoms with Gasteiger partial charge in [0, 0.05) is 29.0 Å². The van der Waals surface area contributed by atoms with Gasteiger partial charge in [-0.25, -0.2) is 0 Å². The molecule has 0 heterocycles. The van der Waals surface area contributed by atoms with Crippen molar-refractivity contribution in [3.8, 4) is 0 Å². The van der Waals surface area contributed by atoms with Crippen LogP contribution in [-0.2, 0) is 0 Å². The van der Waals surface area contributed by atoms with Crippen LogP contribution < -0.4 is 5.32 Å². The number of amides is 1. The highest BCUT2D eigenvalue weighted by atomic mass is 32.2. The van der Waals surface area contributed by atoms with Gasteiger partial charge in [0.05, 0.1) is 0 Å². The predicted molar refractivity (Wildman–Crippen MR) is 96.2 cm³/mol. The summed E-state index contributed by atoms with van der Waals surface area (Å²) >= 11 is 1.80. The van der Waals surface area contributed by atoms with Gasteiger partial charge in [0.15, 0.2) is 5.78 Å².